The molecule has 0 heterocycles. The lowest BCUT2D eigenvalue weighted by Crippen LogP contribution is -2.33. The lowest BCUT2D eigenvalue weighted by Gasteiger charge is -2.15. The van der Waals surface area contributed by atoms with E-state index in [1.54, 1.807) is 0 Å². The van der Waals surface area contributed by atoms with Crippen molar-refractivity contribution in [3.8, 4) is 0 Å². The lowest BCUT2D eigenvalue weighted by atomic mass is 10.1. The molecule has 1 aliphatic rings. The van der Waals surface area contributed by atoms with Crippen molar-refractivity contribution in [3.05, 3.63) is 0 Å². The van der Waals surface area contributed by atoms with E-state index in [0.717, 1.165) is 19.4 Å². The number of esters is 1. The largest absolute Gasteiger partial charge is 0.466 e. The quantitative estimate of drug-likeness (QED) is 0.609. The molecule has 0 aromatic carbocycles. The minimum Gasteiger partial charge on any atom is -0.466 e. The van der Waals surface area contributed by atoms with Gasteiger partial charge in [0.05, 0.1) is 12.5 Å². The van der Waals surface area contributed by atoms with Gasteiger partial charge in [-0.05, 0) is 19.8 Å². The van der Waals surface area contributed by atoms with Crippen LogP contribution >= 0.6 is 0 Å². The van der Waals surface area contributed by atoms with E-state index in [2.05, 4.69) is 5.32 Å². The van der Waals surface area contributed by atoms with Crippen LogP contribution in [0.4, 0.5) is 0 Å². The Bertz CT molecular complexity index is 214. The molecule has 1 rings (SSSR count). The van der Waals surface area contributed by atoms with E-state index in [1.165, 1.54) is 0 Å². The smallest absolute Gasteiger partial charge is 0.309 e. The van der Waals surface area contributed by atoms with Crippen molar-refractivity contribution in [1.82, 2.24) is 5.32 Å². The van der Waals surface area contributed by atoms with Gasteiger partial charge >= 0.3 is 5.97 Å². The van der Waals surface area contributed by atoms with Crippen LogP contribution in [-0.4, -0.2) is 37.4 Å². The first-order valence-electron chi connectivity index (χ1n) is 5.62. The lowest BCUT2D eigenvalue weighted by molar-refractivity contribution is -0.147. The molecule has 0 aliphatic heterocycles. The van der Waals surface area contributed by atoms with Crippen LogP contribution in [0.25, 0.3) is 0 Å². The molecule has 1 aliphatic carbocycles. The van der Waals surface area contributed by atoms with Gasteiger partial charge < -0.3 is 15.2 Å². The number of hydrogen-bond donors (Lipinski definition) is 2. The average molecular weight is 215 g/mol. The Balaban J connectivity index is 2.11. The van der Waals surface area contributed by atoms with Gasteiger partial charge in [-0.2, -0.15) is 0 Å². The highest BCUT2D eigenvalue weighted by molar-refractivity contribution is 5.72. The van der Waals surface area contributed by atoms with Gasteiger partial charge in [0.25, 0.3) is 0 Å². The standard InChI is InChI=1S/C11H21NO3/c1-3-15-10(14)9(2)6-12-7-11(8-13)4-5-11/h9,12-13H,3-8H2,1-2H3. The summed E-state index contributed by atoms with van der Waals surface area (Å²) in [5.74, 6) is -0.265. The number of rotatable bonds is 7. The molecule has 4 nitrogen and oxygen atoms in total. The maximum Gasteiger partial charge on any atom is 0.309 e. The summed E-state index contributed by atoms with van der Waals surface area (Å²) < 4.78 is 4.90. The van der Waals surface area contributed by atoms with Crippen molar-refractivity contribution in [2.45, 2.75) is 26.7 Å². The van der Waals surface area contributed by atoms with Crippen molar-refractivity contribution in [2.75, 3.05) is 26.3 Å². The summed E-state index contributed by atoms with van der Waals surface area (Å²) in [6.07, 6.45) is 2.18. The zero-order valence-corrected chi connectivity index (χ0v) is 9.58. The van der Waals surface area contributed by atoms with Crippen molar-refractivity contribution in [1.29, 1.82) is 0 Å². The first kappa shape index (κ1) is 12.5. The molecule has 15 heavy (non-hydrogen) atoms. The fourth-order valence-corrected chi connectivity index (χ4v) is 1.49. The van der Waals surface area contributed by atoms with Crippen LogP contribution in [0.5, 0.6) is 0 Å². The summed E-state index contributed by atoms with van der Waals surface area (Å²) in [6.45, 7) is 5.76. The predicted molar refractivity (Wildman–Crippen MR) is 57.4 cm³/mol. The molecule has 1 fully saturated rings. The maximum atomic E-state index is 11.3. The molecule has 1 saturated carbocycles. The second-order valence-corrected chi connectivity index (χ2v) is 4.44. The summed E-state index contributed by atoms with van der Waals surface area (Å²) in [7, 11) is 0. The Morgan fingerprint density at radius 1 is 1.60 bits per heavy atom. The topological polar surface area (TPSA) is 58.6 Å². The molecule has 0 spiro atoms. The van der Waals surface area contributed by atoms with E-state index in [1.807, 2.05) is 13.8 Å². The summed E-state index contributed by atoms with van der Waals surface area (Å²) in [6, 6.07) is 0. The number of carbonyl (C=O) groups is 1. The summed E-state index contributed by atoms with van der Waals surface area (Å²) in [5.41, 5.74) is 0.106. The minimum atomic E-state index is -0.154. The third kappa shape index (κ3) is 3.80. The molecule has 2 N–H and O–H groups in total. The van der Waals surface area contributed by atoms with Crippen molar-refractivity contribution in [2.24, 2.45) is 11.3 Å². The van der Waals surface area contributed by atoms with Gasteiger partial charge in [-0.3, -0.25) is 4.79 Å². The molecule has 1 unspecified atom stereocenters. The molecule has 4 heteroatoms. The maximum absolute atomic E-state index is 11.3. The third-order valence-electron chi connectivity index (χ3n) is 2.93. The summed E-state index contributed by atoms with van der Waals surface area (Å²) in [5, 5.41) is 12.3. The van der Waals surface area contributed by atoms with Crippen LogP contribution in [0.1, 0.15) is 26.7 Å². The van der Waals surface area contributed by atoms with Gasteiger partial charge in [0.2, 0.25) is 0 Å². The Hall–Kier alpha value is -0.610. The van der Waals surface area contributed by atoms with E-state index in [0.29, 0.717) is 13.2 Å². The number of ether oxygens (including phenoxy) is 1. The van der Waals surface area contributed by atoms with Crippen molar-refractivity contribution < 1.29 is 14.6 Å². The highest BCUT2D eigenvalue weighted by atomic mass is 16.5. The number of carbonyl (C=O) groups excluding carboxylic acids is 1. The van der Waals surface area contributed by atoms with Gasteiger partial charge in [0.1, 0.15) is 0 Å². The molecule has 0 amide bonds. The molecule has 1 atom stereocenters. The van der Waals surface area contributed by atoms with Crippen molar-refractivity contribution in [3.63, 3.8) is 0 Å². The SMILES string of the molecule is CCOC(=O)C(C)CNCC1(CO)CC1. The minimum absolute atomic E-state index is 0.106. The van der Waals surface area contributed by atoms with E-state index in [9.17, 15) is 4.79 Å². The molecule has 0 saturated heterocycles. The van der Waals surface area contributed by atoms with Gasteiger partial charge in [0, 0.05) is 25.1 Å². The predicted octanol–water partition coefficient (Wildman–Crippen LogP) is 0.548. The third-order valence-corrected chi connectivity index (χ3v) is 2.93. The van der Waals surface area contributed by atoms with Gasteiger partial charge in [0.15, 0.2) is 0 Å². The van der Waals surface area contributed by atoms with E-state index in [-0.39, 0.29) is 23.9 Å². The van der Waals surface area contributed by atoms with Crippen LogP contribution in [0.15, 0.2) is 0 Å². The van der Waals surface area contributed by atoms with Crippen LogP contribution in [0.2, 0.25) is 0 Å². The van der Waals surface area contributed by atoms with E-state index < -0.39 is 0 Å². The Kier molecular flexibility index (Phi) is 4.54. The molecule has 0 aromatic rings. The molecule has 0 radical (unpaired) electrons. The molecular formula is C11H21NO3. The highest BCUT2D eigenvalue weighted by Crippen LogP contribution is 2.44. The second-order valence-electron chi connectivity index (χ2n) is 4.44. The number of aliphatic hydroxyl groups excluding tert-OH is 1. The fraction of sp³-hybridized carbons (Fsp3) is 0.909. The zero-order valence-electron chi connectivity index (χ0n) is 9.58. The monoisotopic (exact) mass is 215 g/mol. The Morgan fingerprint density at radius 2 is 2.27 bits per heavy atom. The number of aliphatic hydroxyl groups is 1. The summed E-state index contributed by atoms with van der Waals surface area (Å²) >= 11 is 0. The fourth-order valence-electron chi connectivity index (χ4n) is 1.49. The first-order valence-corrected chi connectivity index (χ1v) is 5.62. The average Bonchev–Trinajstić information content (AvgIpc) is 2.99. The van der Waals surface area contributed by atoms with Gasteiger partial charge in [-0.25, -0.2) is 0 Å². The molecule has 0 aromatic heterocycles. The summed E-state index contributed by atoms with van der Waals surface area (Å²) in [4.78, 5) is 11.3. The van der Waals surface area contributed by atoms with Crippen LogP contribution in [0.3, 0.4) is 0 Å². The van der Waals surface area contributed by atoms with Crippen LogP contribution in [0, 0.1) is 11.3 Å². The molecule has 88 valence electrons. The Labute approximate surface area is 91.0 Å². The molecule has 0 bridgehead atoms. The van der Waals surface area contributed by atoms with Gasteiger partial charge in [-0.15, -0.1) is 0 Å². The van der Waals surface area contributed by atoms with E-state index >= 15 is 0 Å². The van der Waals surface area contributed by atoms with Crippen LogP contribution < -0.4 is 5.32 Å². The Morgan fingerprint density at radius 3 is 2.73 bits per heavy atom. The van der Waals surface area contributed by atoms with Gasteiger partial charge in [-0.1, -0.05) is 6.92 Å². The highest BCUT2D eigenvalue weighted by Gasteiger charge is 2.41. The van der Waals surface area contributed by atoms with Crippen molar-refractivity contribution >= 4 is 5.97 Å². The number of hydrogen-bond acceptors (Lipinski definition) is 4. The first-order chi connectivity index (χ1) is 7.13. The molecular weight excluding hydrogens is 194 g/mol. The van der Waals surface area contributed by atoms with Crippen LogP contribution in [-0.2, 0) is 9.53 Å². The number of nitrogens with one attached hydrogen (secondary N) is 1. The second kappa shape index (κ2) is 5.47. The van der Waals surface area contributed by atoms with E-state index in [4.69, 9.17) is 9.84 Å². The zero-order chi connectivity index (χ0) is 11.3. The normalized spacial score (nSPS) is 19.7.